The first-order valence-electron chi connectivity index (χ1n) is 9.21. The van der Waals surface area contributed by atoms with E-state index in [-0.39, 0.29) is 5.54 Å². The van der Waals surface area contributed by atoms with Crippen LogP contribution in [0.15, 0.2) is 30.3 Å². The molecule has 1 heterocycles. The highest BCUT2D eigenvalue weighted by atomic mass is 16.5. The number of aryl methyl sites for hydroxylation is 1. The summed E-state index contributed by atoms with van der Waals surface area (Å²) in [6, 6.07) is 8.49. The summed E-state index contributed by atoms with van der Waals surface area (Å²) in [5.41, 5.74) is 6.62. The van der Waals surface area contributed by atoms with Gasteiger partial charge < -0.3 is 15.8 Å². The molecule has 1 saturated carbocycles. The highest BCUT2D eigenvalue weighted by Gasteiger charge is 2.30. The monoisotopic (exact) mass is 354 g/mol. The molecule has 0 radical (unpaired) electrons. The van der Waals surface area contributed by atoms with Gasteiger partial charge in [-0.3, -0.25) is 4.79 Å². The van der Waals surface area contributed by atoms with E-state index < -0.39 is 5.91 Å². The summed E-state index contributed by atoms with van der Waals surface area (Å²) in [7, 11) is 0. The summed E-state index contributed by atoms with van der Waals surface area (Å²) < 4.78 is 5.85. The number of primary amides is 1. The molecular formula is C20H26N4O2. The van der Waals surface area contributed by atoms with Crippen LogP contribution in [0.5, 0.6) is 11.6 Å². The Bertz CT molecular complexity index is 768. The standard InChI is InChI=1S/C20H26N4O2/c1-3-20(11-5-4-6-12-20)24-19-22-14(2)13-17(23-19)26-16-9-7-15(8-10-16)18(21)25/h7-10,13H,3-6,11-12H2,1-2H3,(H2,21,25)(H,22,23,24). The van der Waals surface area contributed by atoms with Gasteiger partial charge in [-0.05, 0) is 50.5 Å². The summed E-state index contributed by atoms with van der Waals surface area (Å²) in [4.78, 5) is 20.2. The molecular weight excluding hydrogens is 328 g/mol. The number of carbonyl (C=O) groups is 1. The van der Waals surface area contributed by atoms with Gasteiger partial charge in [0.15, 0.2) is 0 Å². The Morgan fingerprint density at radius 3 is 2.50 bits per heavy atom. The molecule has 26 heavy (non-hydrogen) atoms. The maximum absolute atomic E-state index is 11.2. The Kier molecular flexibility index (Phi) is 5.40. The summed E-state index contributed by atoms with van der Waals surface area (Å²) in [6.45, 7) is 4.14. The van der Waals surface area contributed by atoms with Crippen LogP contribution < -0.4 is 15.8 Å². The maximum atomic E-state index is 11.2. The van der Waals surface area contributed by atoms with Gasteiger partial charge in [0.2, 0.25) is 17.7 Å². The molecule has 2 aromatic rings. The van der Waals surface area contributed by atoms with E-state index in [1.54, 1.807) is 30.3 Å². The van der Waals surface area contributed by atoms with Crippen LogP contribution in [0.3, 0.4) is 0 Å². The second kappa shape index (κ2) is 7.72. The van der Waals surface area contributed by atoms with Crippen LogP contribution in [0.25, 0.3) is 0 Å². The van der Waals surface area contributed by atoms with Crippen molar-refractivity contribution in [2.45, 2.75) is 57.9 Å². The number of amides is 1. The molecule has 1 aliphatic rings. The molecule has 1 amide bonds. The quantitative estimate of drug-likeness (QED) is 0.811. The number of benzene rings is 1. The van der Waals surface area contributed by atoms with Crippen molar-refractivity contribution >= 4 is 11.9 Å². The number of aromatic nitrogens is 2. The fourth-order valence-electron chi connectivity index (χ4n) is 3.49. The van der Waals surface area contributed by atoms with Crippen LogP contribution >= 0.6 is 0 Å². The van der Waals surface area contributed by atoms with Crippen LogP contribution in [0.4, 0.5) is 5.95 Å². The lowest BCUT2D eigenvalue weighted by atomic mass is 9.80. The van der Waals surface area contributed by atoms with Crippen molar-refractivity contribution in [1.29, 1.82) is 0 Å². The molecule has 1 aromatic carbocycles. The predicted octanol–water partition coefficient (Wildman–Crippen LogP) is 4.20. The average Bonchev–Trinajstić information content (AvgIpc) is 2.62. The van der Waals surface area contributed by atoms with Crippen molar-refractivity contribution in [1.82, 2.24) is 9.97 Å². The Morgan fingerprint density at radius 2 is 1.88 bits per heavy atom. The number of ether oxygens (including phenoxy) is 1. The first-order valence-corrected chi connectivity index (χ1v) is 9.21. The van der Waals surface area contributed by atoms with E-state index in [1.807, 2.05) is 6.92 Å². The van der Waals surface area contributed by atoms with Gasteiger partial charge in [0.05, 0.1) is 0 Å². The van der Waals surface area contributed by atoms with Crippen LogP contribution in [-0.2, 0) is 0 Å². The molecule has 0 unspecified atom stereocenters. The molecule has 3 rings (SSSR count). The van der Waals surface area contributed by atoms with E-state index in [0.29, 0.717) is 23.1 Å². The smallest absolute Gasteiger partial charge is 0.248 e. The molecule has 0 bridgehead atoms. The predicted molar refractivity (Wildman–Crippen MR) is 102 cm³/mol. The molecule has 0 aliphatic heterocycles. The fourth-order valence-corrected chi connectivity index (χ4v) is 3.49. The lowest BCUT2D eigenvalue weighted by Crippen LogP contribution is -2.40. The third-order valence-corrected chi connectivity index (χ3v) is 5.06. The molecule has 6 heteroatoms. The van der Waals surface area contributed by atoms with Crippen LogP contribution in [-0.4, -0.2) is 21.4 Å². The lowest BCUT2D eigenvalue weighted by molar-refractivity contribution is 0.100. The van der Waals surface area contributed by atoms with Crippen molar-refractivity contribution < 1.29 is 9.53 Å². The number of carbonyl (C=O) groups excluding carboxylic acids is 1. The highest BCUT2D eigenvalue weighted by Crippen LogP contribution is 2.34. The minimum atomic E-state index is -0.460. The summed E-state index contributed by atoms with van der Waals surface area (Å²) in [5, 5.41) is 3.57. The number of nitrogens with zero attached hydrogens (tertiary/aromatic N) is 2. The van der Waals surface area contributed by atoms with E-state index in [2.05, 4.69) is 22.2 Å². The van der Waals surface area contributed by atoms with Gasteiger partial charge >= 0.3 is 0 Å². The average molecular weight is 354 g/mol. The Balaban J connectivity index is 1.77. The van der Waals surface area contributed by atoms with Gasteiger partial charge in [-0.25, -0.2) is 4.98 Å². The van der Waals surface area contributed by atoms with Gasteiger partial charge in [-0.2, -0.15) is 4.98 Å². The zero-order chi connectivity index (χ0) is 18.6. The van der Waals surface area contributed by atoms with Crippen molar-refractivity contribution in [2.75, 3.05) is 5.32 Å². The Labute approximate surface area is 154 Å². The van der Waals surface area contributed by atoms with Crippen LogP contribution in [0.2, 0.25) is 0 Å². The van der Waals surface area contributed by atoms with E-state index >= 15 is 0 Å². The molecule has 1 aromatic heterocycles. The normalized spacial score (nSPS) is 16.1. The number of rotatable bonds is 6. The lowest BCUT2D eigenvalue weighted by Gasteiger charge is -2.37. The van der Waals surface area contributed by atoms with Gasteiger partial charge in [0, 0.05) is 22.9 Å². The summed E-state index contributed by atoms with van der Waals surface area (Å²) in [5.74, 6) is 1.23. The second-order valence-corrected chi connectivity index (χ2v) is 6.98. The maximum Gasteiger partial charge on any atom is 0.248 e. The molecule has 1 aliphatic carbocycles. The molecule has 6 nitrogen and oxygen atoms in total. The SMILES string of the molecule is CCC1(Nc2nc(C)cc(Oc3ccc(C(N)=O)cc3)n2)CCCCC1. The zero-order valence-electron chi connectivity index (χ0n) is 15.4. The first kappa shape index (κ1) is 18.2. The van der Waals surface area contributed by atoms with Crippen molar-refractivity contribution in [3.8, 4) is 11.6 Å². The molecule has 1 fully saturated rings. The van der Waals surface area contributed by atoms with E-state index in [9.17, 15) is 4.79 Å². The van der Waals surface area contributed by atoms with Gasteiger partial charge in [-0.15, -0.1) is 0 Å². The highest BCUT2D eigenvalue weighted by molar-refractivity contribution is 5.92. The number of hydrogen-bond acceptors (Lipinski definition) is 5. The Morgan fingerprint density at radius 1 is 1.19 bits per heavy atom. The number of hydrogen-bond donors (Lipinski definition) is 2. The topological polar surface area (TPSA) is 90.1 Å². The van der Waals surface area contributed by atoms with E-state index in [0.717, 1.165) is 25.0 Å². The van der Waals surface area contributed by atoms with Crippen LogP contribution in [0.1, 0.15) is 61.5 Å². The minimum Gasteiger partial charge on any atom is -0.439 e. The van der Waals surface area contributed by atoms with Gasteiger partial charge in [0.25, 0.3) is 0 Å². The fraction of sp³-hybridized carbons (Fsp3) is 0.450. The van der Waals surface area contributed by atoms with Gasteiger partial charge in [0.1, 0.15) is 5.75 Å². The molecule has 0 spiro atoms. The van der Waals surface area contributed by atoms with Gasteiger partial charge in [-0.1, -0.05) is 26.2 Å². The van der Waals surface area contributed by atoms with E-state index in [4.69, 9.17) is 10.5 Å². The summed E-state index contributed by atoms with van der Waals surface area (Å²) >= 11 is 0. The largest absolute Gasteiger partial charge is 0.439 e. The minimum absolute atomic E-state index is 0.0758. The first-order chi connectivity index (χ1) is 12.5. The molecule has 3 N–H and O–H groups in total. The third-order valence-electron chi connectivity index (χ3n) is 5.06. The van der Waals surface area contributed by atoms with Crippen molar-refractivity contribution in [2.24, 2.45) is 5.73 Å². The zero-order valence-corrected chi connectivity index (χ0v) is 15.4. The van der Waals surface area contributed by atoms with Crippen molar-refractivity contribution in [3.05, 3.63) is 41.6 Å². The van der Waals surface area contributed by atoms with Crippen LogP contribution in [0, 0.1) is 6.92 Å². The second-order valence-electron chi connectivity index (χ2n) is 6.98. The van der Waals surface area contributed by atoms with E-state index in [1.165, 1.54) is 19.3 Å². The number of anilines is 1. The molecule has 138 valence electrons. The third kappa shape index (κ3) is 4.31. The molecule has 0 atom stereocenters. The molecule has 0 saturated heterocycles. The number of nitrogens with one attached hydrogen (secondary N) is 1. The van der Waals surface area contributed by atoms with Crippen molar-refractivity contribution in [3.63, 3.8) is 0 Å². The Hall–Kier alpha value is -2.63. The number of nitrogens with two attached hydrogens (primary N) is 1. The summed E-state index contributed by atoms with van der Waals surface area (Å²) in [6.07, 6.45) is 7.12.